The molecule has 270 valence electrons. The molecular formula is C52H40Cl2GeHf. The molecule has 10 rings (SSSR count). The van der Waals surface area contributed by atoms with Gasteiger partial charge in [0, 0.05) is 0 Å². The van der Waals surface area contributed by atoms with Crippen molar-refractivity contribution in [1.29, 1.82) is 0 Å². The Morgan fingerprint density at radius 1 is 0.393 bits per heavy atom. The minimum absolute atomic E-state index is 0.0730. The minimum atomic E-state index is -5.62. The Balaban J connectivity index is 1.31. The first-order chi connectivity index (χ1) is 27.3. The Morgan fingerprint density at radius 2 is 0.750 bits per heavy atom. The summed E-state index contributed by atoms with van der Waals surface area (Å²) in [5, 5.41) is 5.00. The molecular weight excluding hydrogens is 947 g/mol. The molecule has 56 heavy (non-hydrogen) atoms. The molecule has 0 fully saturated rings. The molecule has 0 saturated heterocycles. The second-order valence-corrected chi connectivity index (χ2v) is 85.6. The molecule has 0 saturated carbocycles. The SMILES string of the molecule is CC1=Cc2c(-c3cccc4ccccc34)cccc2[CH]1[Hf]([Cl])([Cl])([CH]1C(C)=Cc2c(-c3cccc4ccccc34)cccc21)=[Ge]([c]1ccccc1)[c]1ccccc1. The van der Waals surface area contributed by atoms with Crippen LogP contribution < -0.4 is 8.79 Å². The molecule has 0 aliphatic heterocycles. The van der Waals surface area contributed by atoms with E-state index in [2.05, 4.69) is 208 Å². The van der Waals surface area contributed by atoms with Crippen LogP contribution in [0.5, 0.6) is 0 Å². The number of hydrogen-bond donors (Lipinski definition) is 0. The van der Waals surface area contributed by atoms with Crippen LogP contribution in [0.25, 0.3) is 56.0 Å². The second-order valence-electron chi connectivity index (χ2n) is 15.6. The second kappa shape index (κ2) is 14.0. The van der Waals surface area contributed by atoms with E-state index in [0.29, 0.717) is 0 Å². The van der Waals surface area contributed by atoms with E-state index in [1.165, 1.54) is 86.0 Å². The van der Waals surface area contributed by atoms with Gasteiger partial charge in [-0.1, -0.05) is 0 Å². The third kappa shape index (κ3) is 5.57. The van der Waals surface area contributed by atoms with Gasteiger partial charge in [0.15, 0.2) is 0 Å². The molecule has 2 unspecified atom stereocenters. The van der Waals surface area contributed by atoms with E-state index in [4.69, 9.17) is 0 Å². The van der Waals surface area contributed by atoms with Gasteiger partial charge < -0.3 is 0 Å². The van der Waals surface area contributed by atoms with Crippen LogP contribution in [0.3, 0.4) is 0 Å². The summed E-state index contributed by atoms with van der Waals surface area (Å²) in [6, 6.07) is 66.8. The number of fused-ring (bicyclic) bond motifs is 4. The molecule has 2 atom stereocenters. The molecule has 0 spiro atoms. The van der Waals surface area contributed by atoms with Gasteiger partial charge in [-0.25, -0.2) is 0 Å². The Kier molecular flexibility index (Phi) is 9.03. The predicted molar refractivity (Wildman–Crippen MR) is 241 cm³/mol. The van der Waals surface area contributed by atoms with Crippen molar-refractivity contribution in [2.75, 3.05) is 0 Å². The van der Waals surface area contributed by atoms with Crippen molar-refractivity contribution in [3.05, 3.63) is 215 Å². The van der Waals surface area contributed by atoms with Crippen molar-refractivity contribution in [1.82, 2.24) is 0 Å². The molecule has 0 N–H and O–H groups in total. The summed E-state index contributed by atoms with van der Waals surface area (Å²) in [5.41, 5.74) is 12.7. The molecule has 2 aliphatic carbocycles. The maximum absolute atomic E-state index is 9.25. The Labute approximate surface area is 338 Å². The van der Waals surface area contributed by atoms with Crippen LogP contribution in [-0.2, 0) is 13.0 Å². The van der Waals surface area contributed by atoms with Crippen LogP contribution in [0.15, 0.2) is 193 Å². The number of hydrogen-bond acceptors (Lipinski definition) is 0. The van der Waals surface area contributed by atoms with Crippen molar-refractivity contribution in [2.24, 2.45) is 0 Å². The summed E-state index contributed by atoms with van der Waals surface area (Å²) in [5.74, 6) is 0. The van der Waals surface area contributed by atoms with Crippen molar-refractivity contribution in [2.45, 2.75) is 21.2 Å². The first kappa shape index (κ1) is 36.1. The molecule has 8 aromatic rings. The Bertz CT molecular complexity index is 2800. The molecule has 0 nitrogen and oxygen atoms in total. The Hall–Kier alpha value is -4.25. The van der Waals surface area contributed by atoms with Crippen LogP contribution >= 0.6 is 17.2 Å². The average Bonchev–Trinajstić information content (AvgIpc) is 3.78. The summed E-state index contributed by atoms with van der Waals surface area (Å²) in [6.07, 6.45) is 4.87. The summed E-state index contributed by atoms with van der Waals surface area (Å²) < 4.78 is 2.54. The van der Waals surface area contributed by atoms with Crippen LogP contribution in [0.4, 0.5) is 0 Å². The van der Waals surface area contributed by atoms with Crippen molar-refractivity contribution in [3.8, 4) is 22.3 Å². The average molecular weight is 987 g/mol. The van der Waals surface area contributed by atoms with Crippen LogP contribution in [-0.4, -0.2) is 10.1 Å². The van der Waals surface area contributed by atoms with E-state index < -0.39 is 23.1 Å². The molecule has 0 amide bonds. The van der Waals surface area contributed by atoms with Gasteiger partial charge in [0.2, 0.25) is 0 Å². The summed E-state index contributed by atoms with van der Waals surface area (Å²) in [6.45, 7) is 4.62. The first-order valence-corrected chi connectivity index (χ1v) is 45.0. The van der Waals surface area contributed by atoms with Crippen molar-refractivity contribution in [3.63, 3.8) is 0 Å². The fourth-order valence-corrected chi connectivity index (χ4v) is 109. The molecule has 2 aliphatic rings. The molecule has 0 bridgehead atoms. The molecule has 0 aromatic heterocycles. The summed E-state index contributed by atoms with van der Waals surface area (Å²) >= 11 is -5.62. The third-order valence-corrected chi connectivity index (χ3v) is 93.1. The molecule has 0 radical (unpaired) electrons. The van der Waals surface area contributed by atoms with Gasteiger partial charge in [-0.2, -0.15) is 0 Å². The van der Waals surface area contributed by atoms with Crippen molar-refractivity contribution < 1.29 is 13.0 Å². The van der Waals surface area contributed by atoms with Crippen molar-refractivity contribution >= 4 is 69.7 Å². The topological polar surface area (TPSA) is 0 Å². The normalized spacial score (nSPS) is 16.4. The molecule has 4 heteroatoms. The quantitative estimate of drug-likeness (QED) is 0.146. The first-order valence-electron chi connectivity index (χ1n) is 19.5. The van der Waals surface area contributed by atoms with Gasteiger partial charge in [0.1, 0.15) is 0 Å². The molecule has 8 aromatic carbocycles. The number of allylic oxidation sites excluding steroid dienone is 2. The monoisotopic (exact) mass is 988 g/mol. The van der Waals surface area contributed by atoms with Crippen LogP contribution in [0, 0.1) is 0 Å². The Morgan fingerprint density at radius 3 is 1.20 bits per heavy atom. The maximum atomic E-state index is 9.25. The van der Waals surface area contributed by atoms with E-state index in [1.807, 2.05) is 0 Å². The zero-order valence-corrected chi connectivity index (χ0v) is 38.6. The van der Waals surface area contributed by atoms with E-state index in [1.54, 1.807) is 0 Å². The standard InChI is InChI=1S/2C20H15.C12H10Ge.2ClH.Hf/c2*1-14-12-16-8-5-11-19(20(16)13-14)18-10-4-7-15-6-2-3-9-17(15)18;1-3-7-11(8-4-1)13-12-9-5-2-6-10-12;;;/h2*2-13H,1H3;1-10H;2*1H;/q;;;;;+2/p-2. The van der Waals surface area contributed by atoms with Gasteiger partial charge in [0.25, 0.3) is 0 Å². The number of halogens is 2. The number of benzene rings is 8. The van der Waals surface area contributed by atoms with Gasteiger partial charge in [-0.3, -0.25) is 0 Å². The third-order valence-electron chi connectivity index (χ3n) is 12.4. The summed E-state index contributed by atoms with van der Waals surface area (Å²) in [4.78, 5) is 0. The fraction of sp³-hybridized carbons (Fsp3) is 0.0769. The van der Waals surface area contributed by atoms with Crippen LogP contribution in [0.2, 0.25) is 0 Å². The van der Waals surface area contributed by atoms with Gasteiger partial charge in [-0.15, -0.1) is 0 Å². The van der Waals surface area contributed by atoms with Gasteiger partial charge in [0.05, 0.1) is 0 Å². The number of rotatable bonds is 6. The molecule has 0 heterocycles. The van der Waals surface area contributed by atoms with E-state index >= 15 is 0 Å². The zero-order chi connectivity index (χ0) is 38.0. The van der Waals surface area contributed by atoms with E-state index in [-0.39, 0.29) is 7.35 Å². The zero-order valence-electron chi connectivity index (χ0n) is 31.4. The van der Waals surface area contributed by atoms with Crippen LogP contribution in [0.1, 0.15) is 43.5 Å². The summed E-state index contributed by atoms with van der Waals surface area (Å²) in [7, 11) is 15.7. The van der Waals surface area contributed by atoms with Gasteiger partial charge in [-0.05, 0) is 0 Å². The fourth-order valence-electron chi connectivity index (χ4n) is 10.3. The van der Waals surface area contributed by atoms with E-state index in [0.717, 1.165) is 0 Å². The predicted octanol–water partition coefficient (Wildman–Crippen LogP) is 13.7. The van der Waals surface area contributed by atoms with E-state index in [9.17, 15) is 17.2 Å². The van der Waals surface area contributed by atoms with Gasteiger partial charge >= 0.3 is 342 Å².